The summed E-state index contributed by atoms with van der Waals surface area (Å²) in [6.45, 7) is 3.78. The molecule has 138 valence electrons. The number of nitrogens with one attached hydrogen (secondary N) is 2. The van der Waals surface area contributed by atoms with Crippen LogP contribution in [-0.4, -0.2) is 25.6 Å². The summed E-state index contributed by atoms with van der Waals surface area (Å²) in [7, 11) is -3.67. The Morgan fingerprint density at radius 1 is 1.19 bits per heavy atom. The predicted octanol–water partition coefficient (Wildman–Crippen LogP) is 3.42. The standard InChI is InChI=1S/C19H22N2O3S2/c1-3-15(11-14-7-5-4-6-8-14)21-26(23,24)16-9-10-18-17(12-16)20-19(22)13(2)25-18/h4-10,12-13,15,21H,3,11H2,1-2H3,(H,20,22)/t13-,15-/m0/s1. The van der Waals surface area contributed by atoms with Crippen molar-refractivity contribution < 1.29 is 13.2 Å². The third-order valence-corrected chi connectivity index (χ3v) is 7.03. The quantitative estimate of drug-likeness (QED) is 0.792. The molecule has 7 heteroatoms. The SMILES string of the molecule is CC[C@@H](Cc1ccccc1)NS(=O)(=O)c1ccc2c(c1)NC(=O)[C@H](C)S2. The molecule has 0 saturated carbocycles. The van der Waals surface area contributed by atoms with Gasteiger partial charge in [-0.15, -0.1) is 11.8 Å². The monoisotopic (exact) mass is 390 g/mol. The summed E-state index contributed by atoms with van der Waals surface area (Å²) in [6, 6.07) is 14.5. The molecule has 2 N–H and O–H groups in total. The van der Waals surface area contributed by atoms with Gasteiger partial charge in [-0.3, -0.25) is 4.79 Å². The highest BCUT2D eigenvalue weighted by Gasteiger charge is 2.26. The van der Waals surface area contributed by atoms with Gasteiger partial charge in [0.1, 0.15) is 0 Å². The molecule has 0 fully saturated rings. The van der Waals surface area contributed by atoms with Crippen LogP contribution in [-0.2, 0) is 21.2 Å². The maximum Gasteiger partial charge on any atom is 0.240 e. The summed E-state index contributed by atoms with van der Waals surface area (Å²) in [5.41, 5.74) is 1.64. The molecule has 2 aromatic rings. The lowest BCUT2D eigenvalue weighted by molar-refractivity contribution is -0.115. The molecule has 1 amide bonds. The maximum absolute atomic E-state index is 12.8. The van der Waals surface area contributed by atoms with E-state index in [9.17, 15) is 13.2 Å². The molecule has 2 aromatic carbocycles. The molecule has 0 saturated heterocycles. The number of anilines is 1. The number of carbonyl (C=O) groups excluding carboxylic acids is 1. The van der Waals surface area contributed by atoms with E-state index in [1.807, 2.05) is 44.2 Å². The number of hydrogen-bond acceptors (Lipinski definition) is 4. The van der Waals surface area contributed by atoms with Crippen LogP contribution in [0.5, 0.6) is 0 Å². The van der Waals surface area contributed by atoms with Crippen LogP contribution < -0.4 is 10.0 Å². The number of sulfonamides is 1. The van der Waals surface area contributed by atoms with Gasteiger partial charge >= 0.3 is 0 Å². The average molecular weight is 391 g/mol. The van der Waals surface area contributed by atoms with Crippen molar-refractivity contribution in [2.45, 2.75) is 47.8 Å². The highest BCUT2D eigenvalue weighted by molar-refractivity contribution is 8.01. The van der Waals surface area contributed by atoms with Crippen molar-refractivity contribution in [1.82, 2.24) is 4.72 Å². The Morgan fingerprint density at radius 3 is 2.62 bits per heavy atom. The molecular formula is C19H22N2O3S2. The van der Waals surface area contributed by atoms with Crippen molar-refractivity contribution >= 4 is 33.4 Å². The fourth-order valence-corrected chi connectivity index (χ4v) is 5.09. The summed E-state index contributed by atoms with van der Waals surface area (Å²) in [6.07, 6.45) is 1.31. The van der Waals surface area contributed by atoms with Crippen molar-refractivity contribution in [3.8, 4) is 0 Å². The van der Waals surface area contributed by atoms with Crippen LogP contribution in [0.4, 0.5) is 5.69 Å². The third-order valence-electron chi connectivity index (χ3n) is 4.33. The fraction of sp³-hybridized carbons (Fsp3) is 0.316. The number of fused-ring (bicyclic) bond motifs is 1. The van der Waals surface area contributed by atoms with E-state index in [2.05, 4.69) is 10.0 Å². The summed E-state index contributed by atoms with van der Waals surface area (Å²) in [4.78, 5) is 12.9. The Kier molecular flexibility index (Phi) is 5.70. The Labute approximate surface area is 158 Å². The van der Waals surface area contributed by atoms with Gasteiger partial charge in [-0.1, -0.05) is 37.3 Å². The second-order valence-electron chi connectivity index (χ2n) is 6.32. The largest absolute Gasteiger partial charge is 0.324 e. The highest BCUT2D eigenvalue weighted by Crippen LogP contribution is 2.36. The van der Waals surface area contributed by atoms with Gasteiger partial charge in [-0.2, -0.15) is 0 Å². The number of amides is 1. The zero-order valence-electron chi connectivity index (χ0n) is 14.7. The highest BCUT2D eigenvalue weighted by atomic mass is 32.2. The van der Waals surface area contributed by atoms with E-state index in [0.29, 0.717) is 18.5 Å². The summed E-state index contributed by atoms with van der Waals surface area (Å²) in [5.74, 6) is -0.111. The van der Waals surface area contributed by atoms with Crippen molar-refractivity contribution in [3.63, 3.8) is 0 Å². The van der Waals surface area contributed by atoms with Gasteiger partial charge in [0.2, 0.25) is 15.9 Å². The van der Waals surface area contributed by atoms with Gasteiger partial charge in [0.25, 0.3) is 0 Å². The van der Waals surface area contributed by atoms with Gasteiger partial charge in [0.15, 0.2) is 0 Å². The topological polar surface area (TPSA) is 75.3 Å². The van der Waals surface area contributed by atoms with Crippen LogP contribution in [0, 0.1) is 0 Å². The van der Waals surface area contributed by atoms with E-state index < -0.39 is 10.0 Å². The molecule has 1 aliphatic heterocycles. The Balaban J connectivity index is 1.79. The first kappa shape index (κ1) is 18.9. The number of carbonyl (C=O) groups is 1. The predicted molar refractivity (Wildman–Crippen MR) is 105 cm³/mol. The van der Waals surface area contributed by atoms with Gasteiger partial charge in [-0.05, 0) is 43.5 Å². The van der Waals surface area contributed by atoms with Crippen LogP contribution in [0.15, 0.2) is 58.3 Å². The first-order valence-electron chi connectivity index (χ1n) is 8.57. The molecule has 0 unspecified atom stereocenters. The normalized spacial score (nSPS) is 18.1. The van der Waals surface area contributed by atoms with Crippen LogP contribution in [0.1, 0.15) is 25.8 Å². The maximum atomic E-state index is 12.8. The molecule has 5 nitrogen and oxygen atoms in total. The van der Waals surface area contributed by atoms with Gasteiger partial charge in [0.05, 0.1) is 15.8 Å². The van der Waals surface area contributed by atoms with E-state index in [0.717, 1.165) is 10.5 Å². The zero-order valence-corrected chi connectivity index (χ0v) is 16.4. The van der Waals surface area contributed by atoms with Gasteiger partial charge < -0.3 is 5.32 Å². The minimum absolute atomic E-state index is 0.111. The van der Waals surface area contributed by atoms with Crippen molar-refractivity contribution in [2.75, 3.05) is 5.32 Å². The smallest absolute Gasteiger partial charge is 0.240 e. The molecule has 26 heavy (non-hydrogen) atoms. The second kappa shape index (κ2) is 7.82. The molecular weight excluding hydrogens is 368 g/mol. The first-order valence-corrected chi connectivity index (χ1v) is 10.9. The first-order chi connectivity index (χ1) is 12.4. The number of hydrogen-bond donors (Lipinski definition) is 2. The second-order valence-corrected chi connectivity index (χ2v) is 9.42. The van der Waals surface area contributed by atoms with Crippen molar-refractivity contribution in [3.05, 3.63) is 54.1 Å². The molecule has 0 spiro atoms. The Bertz CT molecular complexity index is 898. The average Bonchev–Trinajstić information content (AvgIpc) is 2.62. The molecule has 0 radical (unpaired) electrons. The third kappa shape index (κ3) is 4.28. The minimum atomic E-state index is -3.67. The molecule has 1 heterocycles. The van der Waals surface area contributed by atoms with Crippen LogP contribution in [0.25, 0.3) is 0 Å². The lowest BCUT2D eigenvalue weighted by atomic mass is 10.1. The van der Waals surface area contributed by atoms with Gasteiger partial charge in [-0.25, -0.2) is 13.1 Å². The summed E-state index contributed by atoms with van der Waals surface area (Å²) >= 11 is 1.43. The fourth-order valence-electron chi connectivity index (χ4n) is 2.81. The Morgan fingerprint density at radius 2 is 1.92 bits per heavy atom. The van der Waals surface area contributed by atoms with Crippen LogP contribution in [0.3, 0.4) is 0 Å². The number of rotatable bonds is 6. The summed E-state index contributed by atoms with van der Waals surface area (Å²) < 4.78 is 28.4. The molecule has 3 rings (SSSR count). The van der Waals surface area contributed by atoms with Crippen LogP contribution >= 0.6 is 11.8 Å². The summed E-state index contributed by atoms with van der Waals surface area (Å²) in [5, 5.41) is 2.60. The van der Waals surface area contributed by atoms with Crippen molar-refractivity contribution in [1.29, 1.82) is 0 Å². The molecule has 2 atom stereocenters. The molecule has 0 aliphatic carbocycles. The number of benzene rings is 2. The molecule has 0 aromatic heterocycles. The lowest BCUT2D eigenvalue weighted by Gasteiger charge is -2.22. The molecule has 1 aliphatic rings. The minimum Gasteiger partial charge on any atom is -0.324 e. The van der Waals surface area contributed by atoms with E-state index >= 15 is 0 Å². The van der Waals surface area contributed by atoms with Crippen LogP contribution in [0.2, 0.25) is 0 Å². The Hall–Kier alpha value is -1.83. The number of thioether (sulfide) groups is 1. The van der Waals surface area contributed by atoms with Gasteiger partial charge in [0, 0.05) is 10.9 Å². The van der Waals surface area contributed by atoms with Crippen molar-refractivity contribution in [2.24, 2.45) is 0 Å². The van der Waals surface area contributed by atoms with E-state index in [-0.39, 0.29) is 22.1 Å². The zero-order chi connectivity index (χ0) is 18.7. The lowest BCUT2D eigenvalue weighted by Crippen LogP contribution is -2.36. The van der Waals surface area contributed by atoms with E-state index in [1.54, 1.807) is 12.1 Å². The molecule has 0 bridgehead atoms. The van der Waals surface area contributed by atoms with E-state index in [4.69, 9.17) is 0 Å². The van der Waals surface area contributed by atoms with E-state index in [1.165, 1.54) is 17.8 Å².